The third-order valence-corrected chi connectivity index (χ3v) is 16.2. The summed E-state index contributed by atoms with van der Waals surface area (Å²) in [7, 11) is 0. The first-order valence-electron chi connectivity index (χ1n) is 22.0. The molecule has 0 spiro atoms. The molecule has 4 heteroatoms. The second-order valence-electron chi connectivity index (χ2n) is 19.7. The van der Waals surface area contributed by atoms with Crippen molar-refractivity contribution in [3.05, 3.63) is 108 Å². The predicted molar refractivity (Wildman–Crippen MR) is 228 cm³/mol. The fourth-order valence-corrected chi connectivity index (χ4v) is 13.2. The average Bonchev–Trinajstić information content (AvgIpc) is 3.54. The van der Waals surface area contributed by atoms with E-state index in [2.05, 4.69) is 89.2 Å². The maximum Gasteiger partial charge on any atom is 0.127 e. The van der Waals surface area contributed by atoms with Gasteiger partial charge in [-0.3, -0.25) is 0 Å². The number of nitrogen functional groups attached to an aromatic ring is 1. The molecule has 0 heterocycles. The molecule has 0 amide bonds. The third-order valence-electron chi connectivity index (χ3n) is 16.2. The lowest BCUT2D eigenvalue weighted by molar-refractivity contribution is -0.122. The monoisotopic (exact) mass is 741 g/mol. The van der Waals surface area contributed by atoms with Gasteiger partial charge in [0.2, 0.25) is 0 Å². The van der Waals surface area contributed by atoms with Gasteiger partial charge in [0.15, 0.2) is 0 Å². The van der Waals surface area contributed by atoms with Gasteiger partial charge in [0.25, 0.3) is 0 Å². The molecule has 0 aliphatic heterocycles. The molecule has 3 aromatic carbocycles. The molecule has 294 valence electrons. The van der Waals surface area contributed by atoms with Crippen LogP contribution < -0.4 is 20.9 Å². The van der Waals surface area contributed by atoms with Gasteiger partial charge in [-0.2, -0.15) is 0 Å². The minimum Gasteiger partial charge on any atom is -0.458 e. The van der Waals surface area contributed by atoms with Gasteiger partial charge in [-0.15, -0.1) is 0 Å². The van der Waals surface area contributed by atoms with Crippen molar-refractivity contribution in [1.29, 1.82) is 0 Å². The highest BCUT2D eigenvalue weighted by molar-refractivity contribution is 5.47. The maximum absolute atomic E-state index is 6.31. The summed E-state index contributed by atoms with van der Waals surface area (Å²) in [6.07, 6.45) is 23.4. The Morgan fingerprint density at radius 1 is 0.691 bits per heavy atom. The van der Waals surface area contributed by atoms with Gasteiger partial charge in [-0.1, -0.05) is 84.2 Å². The second kappa shape index (κ2) is 15.4. The van der Waals surface area contributed by atoms with Crippen molar-refractivity contribution >= 4 is 5.69 Å². The molecule has 3 aromatic rings. The number of allylic oxidation sites excluding steroid dienone is 1. The van der Waals surface area contributed by atoms with E-state index in [9.17, 15) is 0 Å². The summed E-state index contributed by atoms with van der Waals surface area (Å²) in [6, 6.07) is 25.9. The topological polar surface area (TPSA) is 70.5 Å². The summed E-state index contributed by atoms with van der Waals surface area (Å²) < 4.78 is 12.6. The summed E-state index contributed by atoms with van der Waals surface area (Å²) in [6.45, 7) is 12.9. The fraction of sp³-hybridized carbons (Fsp3) is 0.569. The second-order valence-corrected chi connectivity index (χ2v) is 19.7. The van der Waals surface area contributed by atoms with Gasteiger partial charge in [-0.25, -0.2) is 0 Å². The molecule has 0 aromatic heterocycles. The summed E-state index contributed by atoms with van der Waals surface area (Å²) in [5.74, 6) is 9.41. The Labute approximate surface area is 332 Å². The van der Waals surface area contributed by atoms with Crippen molar-refractivity contribution in [2.75, 3.05) is 5.73 Å². The van der Waals surface area contributed by atoms with Crippen LogP contribution in [0.25, 0.3) is 0 Å². The van der Waals surface area contributed by atoms with Crippen LogP contribution in [0.5, 0.6) is 17.2 Å². The van der Waals surface area contributed by atoms with Gasteiger partial charge >= 0.3 is 0 Å². The molecule has 5 aliphatic carbocycles. The zero-order valence-electron chi connectivity index (χ0n) is 34.4. The van der Waals surface area contributed by atoms with E-state index in [1.807, 2.05) is 36.4 Å². The van der Waals surface area contributed by atoms with E-state index in [0.717, 1.165) is 70.6 Å². The van der Waals surface area contributed by atoms with Gasteiger partial charge in [0.1, 0.15) is 23.0 Å². The molecular formula is C51H68N2O2. The highest BCUT2D eigenvalue weighted by Gasteiger charge is 2.62. The molecule has 0 radical (unpaired) electrons. The maximum atomic E-state index is 6.31. The first kappa shape index (κ1) is 38.4. The average molecular weight is 741 g/mol. The Balaban J connectivity index is 1.04. The highest BCUT2D eigenvalue weighted by Crippen LogP contribution is 2.70. The molecule has 5 aliphatic rings. The summed E-state index contributed by atoms with van der Waals surface area (Å²) >= 11 is 0. The van der Waals surface area contributed by atoms with E-state index in [0.29, 0.717) is 16.7 Å². The quantitative estimate of drug-likeness (QED) is 0.192. The number of benzene rings is 3. The lowest BCUT2D eigenvalue weighted by Crippen LogP contribution is -2.55. The smallest absolute Gasteiger partial charge is 0.127 e. The van der Waals surface area contributed by atoms with Gasteiger partial charge in [0.05, 0.1) is 0 Å². The molecule has 4 saturated carbocycles. The van der Waals surface area contributed by atoms with Gasteiger partial charge in [0, 0.05) is 17.1 Å². The summed E-state index contributed by atoms with van der Waals surface area (Å²) in [5, 5.41) is 0. The van der Waals surface area contributed by atoms with Gasteiger partial charge < -0.3 is 20.9 Å². The molecule has 4 N–H and O–H groups in total. The van der Waals surface area contributed by atoms with Crippen molar-refractivity contribution in [2.45, 2.75) is 130 Å². The molecular weight excluding hydrogens is 673 g/mol. The van der Waals surface area contributed by atoms with Crippen LogP contribution in [0, 0.1) is 52.3 Å². The fourth-order valence-electron chi connectivity index (χ4n) is 13.2. The number of hydrogen-bond donors (Lipinski definition) is 2. The Hall–Kier alpha value is -3.50. The highest BCUT2D eigenvalue weighted by atomic mass is 16.5. The van der Waals surface area contributed by atoms with Crippen molar-refractivity contribution in [3.8, 4) is 17.2 Å². The normalized spacial score (nSPS) is 34.6. The minimum atomic E-state index is -0.0564. The molecule has 0 saturated heterocycles. The first-order chi connectivity index (χ1) is 26.5. The molecule has 4 fully saturated rings. The lowest BCUT2D eigenvalue weighted by Gasteiger charge is -2.63. The molecule has 10 atom stereocenters. The standard InChI is InChI=1S/C51H68N2O2/c1-34(2)7-6-8-35(3)46-27-28-47-45-26-13-38-33-51(32-31-49(38,4)48(45)29-30-50(46,47)5,36-9-18-41(19-10-36)54-43-22-14-39(52)15-23-43)37-11-20-42(21-12-37)55-44-24-16-40(53)17-25-44/h9-12,14-16,18-25,34-35,38,40,45-48H,6-8,13,17,26-33,52-53H2,1-5H3. The molecule has 0 bridgehead atoms. The molecule has 8 rings (SSSR count). The first-order valence-corrected chi connectivity index (χ1v) is 22.0. The number of nitrogens with two attached hydrogens (primary N) is 2. The van der Waals surface area contributed by atoms with E-state index in [1.54, 1.807) is 0 Å². The van der Waals surface area contributed by atoms with Crippen LogP contribution in [-0.4, -0.2) is 6.04 Å². The zero-order chi connectivity index (χ0) is 38.4. The minimum absolute atomic E-state index is 0.0564. The Morgan fingerprint density at radius 3 is 1.96 bits per heavy atom. The van der Waals surface area contributed by atoms with Crippen LogP contribution in [0.4, 0.5) is 5.69 Å². The number of ether oxygens (including phenoxy) is 2. The molecule has 55 heavy (non-hydrogen) atoms. The summed E-state index contributed by atoms with van der Waals surface area (Å²) in [4.78, 5) is 0. The SMILES string of the molecule is CC(C)CCCC(C)C1CCC2C3CCC4CC(c5ccc(OC6=CCC(N)C=C6)cc5)(c5ccc(Oc6ccc(N)cc6)cc5)CCC4(C)C3CCC12C. The largest absolute Gasteiger partial charge is 0.458 e. The lowest BCUT2D eigenvalue weighted by atomic mass is 9.42. The molecule has 10 unspecified atom stereocenters. The van der Waals surface area contributed by atoms with Crippen molar-refractivity contribution < 1.29 is 9.47 Å². The van der Waals surface area contributed by atoms with Crippen molar-refractivity contribution in [2.24, 2.45) is 58.0 Å². The Kier molecular flexibility index (Phi) is 10.8. The zero-order valence-corrected chi connectivity index (χ0v) is 34.4. The Bertz CT molecular complexity index is 1830. The number of anilines is 1. The van der Waals surface area contributed by atoms with E-state index in [4.69, 9.17) is 20.9 Å². The van der Waals surface area contributed by atoms with Crippen LogP contribution in [-0.2, 0) is 5.41 Å². The molecule has 4 nitrogen and oxygen atoms in total. The van der Waals surface area contributed by atoms with Crippen LogP contribution >= 0.6 is 0 Å². The number of hydrogen-bond acceptors (Lipinski definition) is 4. The van der Waals surface area contributed by atoms with Crippen LogP contribution in [0.1, 0.15) is 129 Å². The number of fused-ring (bicyclic) bond motifs is 5. The van der Waals surface area contributed by atoms with Crippen molar-refractivity contribution in [3.63, 3.8) is 0 Å². The van der Waals surface area contributed by atoms with E-state index in [1.165, 1.54) is 88.2 Å². The Morgan fingerprint density at radius 2 is 1.33 bits per heavy atom. The van der Waals surface area contributed by atoms with Crippen LogP contribution in [0.3, 0.4) is 0 Å². The van der Waals surface area contributed by atoms with Gasteiger partial charge in [-0.05, 0) is 188 Å². The van der Waals surface area contributed by atoms with Crippen molar-refractivity contribution in [1.82, 2.24) is 0 Å². The third kappa shape index (κ3) is 7.42. The predicted octanol–water partition coefficient (Wildman–Crippen LogP) is 13.0. The van der Waals surface area contributed by atoms with Crippen LogP contribution in [0.2, 0.25) is 0 Å². The summed E-state index contributed by atoms with van der Waals surface area (Å²) in [5.41, 5.74) is 16.5. The van der Waals surface area contributed by atoms with E-state index >= 15 is 0 Å². The number of rotatable bonds is 11. The van der Waals surface area contributed by atoms with E-state index < -0.39 is 0 Å². The van der Waals surface area contributed by atoms with Crippen LogP contribution in [0.15, 0.2) is 96.8 Å². The van der Waals surface area contributed by atoms with E-state index in [-0.39, 0.29) is 11.5 Å².